The summed E-state index contributed by atoms with van der Waals surface area (Å²) in [5.41, 5.74) is 2.00. The lowest BCUT2D eigenvalue weighted by Crippen LogP contribution is -2.50. The van der Waals surface area contributed by atoms with Gasteiger partial charge in [0.15, 0.2) is 0 Å². The molecule has 0 amide bonds. The number of hydrogen-bond donors (Lipinski definition) is 0. The second kappa shape index (κ2) is 7.59. The van der Waals surface area contributed by atoms with Crippen molar-refractivity contribution in [3.63, 3.8) is 0 Å². The van der Waals surface area contributed by atoms with E-state index in [-0.39, 0.29) is 5.41 Å². The number of allylic oxidation sites excluding steroid dienone is 2. The van der Waals surface area contributed by atoms with Crippen molar-refractivity contribution < 1.29 is 9.63 Å². The average molecular weight is 387 g/mol. The predicted molar refractivity (Wildman–Crippen MR) is 113 cm³/mol. The number of carbonyl (C=O) groups is 1. The van der Waals surface area contributed by atoms with Crippen molar-refractivity contribution in [2.75, 3.05) is 27.2 Å². The molecule has 0 saturated heterocycles. The molecule has 4 heteroatoms. The molecule has 3 fully saturated rings. The molecule has 0 radical (unpaired) electrons. The van der Waals surface area contributed by atoms with E-state index >= 15 is 0 Å². The monoisotopic (exact) mass is 386 g/mol. The molecule has 156 valence electrons. The fraction of sp³-hybridized carbons (Fsp3) is 0.833. The Morgan fingerprint density at radius 2 is 1.86 bits per heavy atom. The first-order valence-corrected chi connectivity index (χ1v) is 11.4. The number of nitrogens with zero attached hydrogens (tertiary/aromatic N) is 2. The molecule has 0 aliphatic heterocycles. The zero-order valence-electron chi connectivity index (χ0n) is 18.2. The van der Waals surface area contributed by atoms with Crippen LogP contribution in [0.1, 0.15) is 65.2 Å². The third kappa shape index (κ3) is 3.36. The van der Waals surface area contributed by atoms with E-state index in [2.05, 4.69) is 30.0 Å². The van der Waals surface area contributed by atoms with Crippen molar-refractivity contribution in [3.8, 4) is 0 Å². The van der Waals surface area contributed by atoms with Crippen LogP contribution < -0.4 is 0 Å². The number of oxime groups is 1. The van der Waals surface area contributed by atoms with Crippen LogP contribution >= 0.6 is 0 Å². The van der Waals surface area contributed by atoms with E-state index in [9.17, 15) is 4.79 Å². The Balaban J connectivity index is 1.44. The second-order valence-electron chi connectivity index (χ2n) is 10.5. The van der Waals surface area contributed by atoms with Crippen molar-refractivity contribution in [2.24, 2.45) is 39.7 Å². The standard InChI is InChI=1S/C24H38N2O2/c1-23-11-9-17(16-25-28-14-13-26(3)4)15-18(23)5-6-19-20-7-8-22(27)24(20,2)12-10-21(19)23/h15-17,19-21H,5-14H2,1-4H3/b25-16+/t17-,19?,20?,21?,23-,24-/m0/s1. The van der Waals surface area contributed by atoms with Gasteiger partial charge in [0, 0.05) is 24.3 Å². The van der Waals surface area contributed by atoms with Crippen LogP contribution in [0, 0.1) is 34.5 Å². The lowest BCUT2D eigenvalue weighted by molar-refractivity contribution is -0.132. The molecular formula is C24H38N2O2. The quantitative estimate of drug-likeness (QED) is 0.298. The summed E-state index contributed by atoms with van der Waals surface area (Å²) < 4.78 is 0. The molecule has 0 aromatic heterocycles. The SMILES string of the molecule is CN(C)CCO/N=C/[C@@H]1C=C2CCC3C(CC[C@]4(C)C(=O)CCC34)[C@@]2(C)CC1. The van der Waals surface area contributed by atoms with Gasteiger partial charge in [0.25, 0.3) is 0 Å². The Bertz CT molecular complexity index is 670. The molecule has 0 aromatic carbocycles. The fourth-order valence-corrected chi connectivity index (χ4v) is 7.04. The van der Waals surface area contributed by atoms with Crippen LogP contribution in [-0.4, -0.2) is 44.1 Å². The first-order chi connectivity index (χ1) is 13.3. The Morgan fingerprint density at radius 1 is 1.11 bits per heavy atom. The molecule has 4 rings (SSSR count). The molecule has 28 heavy (non-hydrogen) atoms. The molecule has 0 heterocycles. The summed E-state index contributed by atoms with van der Waals surface area (Å²) >= 11 is 0. The highest BCUT2D eigenvalue weighted by Gasteiger charge is 2.58. The minimum absolute atomic E-state index is 0.00744. The van der Waals surface area contributed by atoms with Gasteiger partial charge in [0.2, 0.25) is 0 Å². The predicted octanol–water partition coefficient (Wildman–Crippen LogP) is 4.70. The third-order valence-electron chi connectivity index (χ3n) is 8.81. The van der Waals surface area contributed by atoms with Crippen LogP contribution in [0.15, 0.2) is 16.8 Å². The molecule has 3 saturated carbocycles. The maximum absolute atomic E-state index is 12.6. The maximum atomic E-state index is 12.6. The van der Waals surface area contributed by atoms with E-state index in [0.29, 0.717) is 29.6 Å². The highest BCUT2D eigenvalue weighted by Crippen LogP contribution is 2.64. The number of hydrogen-bond acceptors (Lipinski definition) is 4. The molecule has 0 spiro atoms. The van der Waals surface area contributed by atoms with Gasteiger partial charge in [-0.25, -0.2) is 0 Å². The van der Waals surface area contributed by atoms with Gasteiger partial charge in [-0.3, -0.25) is 4.79 Å². The summed E-state index contributed by atoms with van der Waals surface area (Å²) in [5, 5.41) is 4.24. The summed E-state index contributed by atoms with van der Waals surface area (Å²) in [5.74, 6) is 3.14. The Morgan fingerprint density at radius 3 is 2.64 bits per heavy atom. The van der Waals surface area contributed by atoms with Crippen LogP contribution in [0.4, 0.5) is 0 Å². The molecule has 4 nitrogen and oxygen atoms in total. The number of carbonyl (C=O) groups excluding carboxylic acids is 1. The second-order valence-corrected chi connectivity index (χ2v) is 10.5. The van der Waals surface area contributed by atoms with E-state index in [1.165, 1.54) is 32.1 Å². The molecule has 4 aliphatic carbocycles. The normalized spacial score (nSPS) is 42.9. The van der Waals surface area contributed by atoms with Gasteiger partial charge in [0.1, 0.15) is 12.4 Å². The molecule has 3 unspecified atom stereocenters. The molecule has 0 aromatic rings. The summed E-state index contributed by atoms with van der Waals surface area (Å²) in [4.78, 5) is 20.1. The largest absolute Gasteiger partial charge is 0.395 e. The van der Waals surface area contributed by atoms with Crippen LogP contribution in [0.3, 0.4) is 0 Å². The minimum Gasteiger partial charge on any atom is -0.395 e. The number of ketones is 1. The smallest absolute Gasteiger partial charge is 0.139 e. The number of likely N-dealkylation sites (N-methyl/N-ethyl adjacent to an activating group) is 1. The summed E-state index contributed by atoms with van der Waals surface area (Å²) in [6.45, 7) is 6.34. The average Bonchev–Trinajstić information content (AvgIpc) is 2.96. The van der Waals surface area contributed by atoms with Gasteiger partial charge in [-0.05, 0) is 82.2 Å². The van der Waals surface area contributed by atoms with Crippen LogP contribution in [-0.2, 0) is 9.63 Å². The van der Waals surface area contributed by atoms with Crippen LogP contribution in [0.25, 0.3) is 0 Å². The first kappa shape index (κ1) is 20.1. The lowest BCUT2D eigenvalue weighted by Gasteiger charge is -2.57. The van der Waals surface area contributed by atoms with Gasteiger partial charge in [-0.2, -0.15) is 0 Å². The lowest BCUT2D eigenvalue weighted by atomic mass is 9.47. The summed E-state index contributed by atoms with van der Waals surface area (Å²) in [6, 6.07) is 0. The Labute approximate surface area is 170 Å². The molecule has 0 bridgehead atoms. The highest BCUT2D eigenvalue weighted by molar-refractivity contribution is 5.87. The Kier molecular flexibility index (Phi) is 5.45. The molecule has 4 aliphatic rings. The number of fused-ring (bicyclic) bond motifs is 5. The minimum atomic E-state index is -0.00744. The first-order valence-electron chi connectivity index (χ1n) is 11.4. The van der Waals surface area contributed by atoms with Gasteiger partial charge in [-0.1, -0.05) is 30.7 Å². The van der Waals surface area contributed by atoms with E-state index in [1.54, 1.807) is 5.57 Å². The summed E-state index contributed by atoms with van der Waals surface area (Å²) in [6.07, 6.45) is 13.8. The van der Waals surface area contributed by atoms with Gasteiger partial charge >= 0.3 is 0 Å². The van der Waals surface area contributed by atoms with Gasteiger partial charge in [-0.15, -0.1) is 0 Å². The molecule has 6 atom stereocenters. The van der Waals surface area contributed by atoms with E-state index in [0.717, 1.165) is 37.6 Å². The Hall–Kier alpha value is -1.16. The maximum Gasteiger partial charge on any atom is 0.139 e. The van der Waals surface area contributed by atoms with Gasteiger partial charge in [0.05, 0.1) is 6.21 Å². The zero-order valence-corrected chi connectivity index (χ0v) is 18.2. The number of Topliss-reactive ketones (excluding diaryl/α,β-unsaturated/α-hetero) is 1. The molecular weight excluding hydrogens is 348 g/mol. The van der Waals surface area contributed by atoms with Gasteiger partial charge < -0.3 is 9.74 Å². The van der Waals surface area contributed by atoms with Crippen molar-refractivity contribution in [1.29, 1.82) is 0 Å². The third-order valence-corrected chi connectivity index (χ3v) is 8.81. The highest BCUT2D eigenvalue weighted by atomic mass is 16.6. The topological polar surface area (TPSA) is 41.9 Å². The van der Waals surface area contributed by atoms with E-state index in [1.807, 2.05) is 20.3 Å². The fourth-order valence-electron chi connectivity index (χ4n) is 7.04. The summed E-state index contributed by atoms with van der Waals surface area (Å²) in [7, 11) is 4.09. The van der Waals surface area contributed by atoms with Crippen molar-refractivity contribution in [1.82, 2.24) is 4.90 Å². The molecule has 0 N–H and O–H groups in total. The van der Waals surface area contributed by atoms with Crippen LogP contribution in [0.2, 0.25) is 0 Å². The van der Waals surface area contributed by atoms with Crippen molar-refractivity contribution >= 4 is 12.0 Å². The van der Waals surface area contributed by atoms with Crippen LogP contribution in [0.5, 0.6) is 0 Å². The zero-order chi connectivity index (χ0) is 19.9. The van der Waals surface area contributed by atoms with Crippen molar-refractivity contribution in [2.45, 2.75) is 65.2 Å². The number of rotatable bonds is 5. The van der Waals surface area contributed by atoms with E-state index < -0.39 is 0 Å². The van der Waals surface area contributed by atoms with Crippen molar-refractivity contribution in [3.05, 3.63) is 11.6 Å². The van der Waals surface area contributed by atoms with E-state index in [4.69, 9.17) is 4.84 Å².